The number of aliphatic hydroxyl groups is 1. The van der Waals surface area contributed by atoms with Crippen molar-refractivity contribution in [3.63, 3.8) is 0 Å². The molecule has 2 aliphatic heterocycles. The predicted molar refractivity (Wildman–Crippen MR) is 180 cm³/mol. The van der Waals surface area contributed by atoms with Crippen LogP contribution in [-0.2, 0) is 15.3 Å². The molecule has 0 unspecified atom stereocenters. The third-order valence-corrected chi connectivity index (χ3v) is 10.1. The molecule has 1 N–H and O–H groups in total. The maximum atomic E-state index is 13.7. The number of hydrogen-bond donors (Lipinski definition) is 1. The topological polar surface area (TPSA) is 111 Å². The zero-order chi connectivity index (χ0) is 32.4. The Balaban J connectivity index is 1.38. The van der Waals surface area contributed by atoms with Crippen LogP contribution in [0.15, 0.2) is 70.6 Å². The van der Waals surface area contributed by atoms with Crippen molar-refractivity contribution in [2.45, 2.75) is 36.4 Å². The van der Waals surface area contributed by atoms with Crippen LogP contribution in [0.1, 0.15) is 43.0 Å². The van der Waals surface area contributed by atoms with Crippen molar-refractivity contribution in [3.8, 4) is 17.2 Å². The largest absolute Gasteiger partial charge is 0.507 e. The minimum absolute atomic E-state index is 0.0849. The average Bonchev–Trinajstić information content (AvgIpc) is 3.61. The highest BCUT2D eigenvalue weighted by atomic mass is 35.5. The molecule has 13 heteroatoms. The van der Waals surface area contributed by atoms with Gasteiger partial charge in [0.1, 0.15) is 24.7 Å². The van der Waals surface area contributed by atoms with Crippen LogP contribution < -0.4 is 19.1 Å². The molecule has 0 radical (unpaired) electrons. The van der Waals surface area contributed by atoms with Gasteiger partial charge in [0.15, 0.2) is 15.8 Å². The first kappa shape index (κ1) is 32.2. The number of hydrogen-bond acceptors (Lipinski definition) is 10. The lowest BCUT2D eigenvalue weighted by molar-refractivity contribution is -0.132. The first-order valence-electron chi connectivity index (χ1n) is 14.5. The van der Waals surface area contributed by atoms with Crippen LogP contribution in [0, 0.1) is 5.92 Å². The molecule has 0 bridgehead atoms. The van der Waals surface area contributed by atoms with E-state index in [1.807, 2.05) is 12.1 Å². The van der Waals surface area contributed by atoms with E-state index in [1.165, 1.54) is 16.7 Å². The number of benzene rings is 3. The van der Waals surface area contributed by atoms with Crippen LogP contribution in [0.25, 0.3) is 5.76 Å². The van der Waals surface area contributed by atoms with Crippen molar-refractivity contribution >= 4 is 68.9 Å². The van der Waals surface area contributed by atoms with Crippen molar-refractivity contribution in [2.75, 3.05) is 24.7 Å². The fourth-order valence-corrected chi connectivity index (χ4v) is 7.44. The summed E-state index contributed by atoms with van der Waals surface area (Å²) in [6, 6.07) is 16.3. The SMILES string of the molecule is CC(C)CCOc1cccc([C@@H]2C(=C(O)c3ccc4c(c3)OCCO4)C(=O)C(=O)N2c2nnc(SCc3ccc(Cl)cc3Cl)s2)c1. The Kier molecular flexibility index (Phi) is 9.74. The molecule has 0 saturated carbocycles. The van der Waals surface area contributed by atoms with Crippen molar-refractivity contribution in [1.82, 2.24) is 10.2 Å². The van der Waals surface area contributed by atoms with Crippen molar-refractivity contribution in [2.24, 2.45) is 5.92 Å². The molecule has 3 heterocycles. The number of ether oxygens (including phenoxy) is 3. The maximum absolute atomic E-state index is 13.7. The second-order valence-corrected chi connectivity index (χ2v) is 14.0. The van der Waals surface area contributed by atoms with E-state index in [0.29, 0.717) is 74.3 Å². The molecule has 1 saturated heterocycles. The number of nitrogens with zero attached hydrogens (tertiary/aromatic N) is 3. The molecule has 0 aliphatic carbocycles. The number of fused-ring (bicyclic) bond motifs is 1. The second-order valence-electron chi connectivity index (χ2n) is 11.0. The summed E-state index contributed by atoms with van der Waals surface area (Å²) in [5.41, 5.74) is 1.66. The smallest absolute Gasteiger partial charge is 0.301 e. The molecule has 4 aromatic rings. The van der Waals surface area contributed by atoms with Gasteiger partial charge in [-0.15, -0.1) is 10.2 Å². The molecule has 2 aliphatic rings. The first-order valence-corrected chi connectivity index (χ1v) is 17.1. The summed E-state index contributed by atoms with van der Waals surface area (Å²) < 4.78 is 17.9. The number of halogens is 2. The van der Waals surface area contributed by atoms with Crippen molar-refractivity contribution in [1.29, 1.82) is 0 Å². The van der Waals surface area contributed by atoms with E-state index in [0.717, 1.165) is 23.3 Å². The van der Waals surface area contributed by atoms with Crippen LogP contribution in [-0.4, -0.2) is 46.8 Å². The van der Waals surface area contributed by atoms with E-state index >= 15 is 0 Å². The highest BCUT2D eigenvalue weighted by Gasteiger charge is 2.48. The number of ketones is 1. The van der Waals surface area contributed by atoms with Gasteiger partial charge in [-0.25, -0.2) is 0 Å². The normalized spacial score (nSPS) is 17.2. The van der Waals surface area contributed by atoms with Gasteiger partial charge in [0.2, 0.25) is 5.13 Å². The van der Waals surface area contributed by atoms with Gasteiger partial charge in [0.25, 0.3) is 5.78 Å². The Morgan fingerprint density at radius 3 is 2.65 bits per heavy atom. The Bertz CT molecular complexity index is 1830. The van der Waals surface area contributed by atoms with Gasteiger partial charge < -0.3 is 19.3 Å². The highest BCUT2D eigenvalue weighted by molar-refractivity contribution is 8.00. The fraction of sp³-hybridized carbons (Fsp3) is 0.273. The molecule has 238 valence electrons. The number of rotatable bonds is 10. The van der Waals surface area contributed by atoms with Crippen LogP contribution in [0.2, 0.25) is 10.0 Å². The molecule has 0 spiro atoms. The molecule has 9 nitrogen and oxygen atoms in total. The number of amides is 1. The lowest BCUT2D eigenvalue weighted by Crippen LogP contribution is -2.29. The predicted octanol–water partition coefficient (Wildman–Crippen LogP) is 7.96. The second kappa shape index (κ2) is 13.9. The molecule has 1 amide bonds. The summed E-state index contributed by atoms with van der Waals surface area (Å²) in [7, 11) is 0. The number of anilines is 1. The molecule has 46 heavy (non-hydrogen) atoms. The lowest BCUT2D eigenvalue weighted by Gasteiger charge is -2.23. The number of carbonyl (C=O) groups is 2. The molecular formula is C33H29Cl2N3O6S2. The summed E-state index contributed by atoms with van der Waals surface area (Å²) in [6.45, 7) is 5.50. The van der Waals surface area contributed by atoms with Crippen molar-refractivity contribution < 1.29 is 28.9 Å². The highest BCUT2D eigenvalue weighted by Crippen LogP contribution is 2.45. The molecule has 1 aromatic heterocycles. The molecular weight excluding hydrogens is 669 g/mol. The van der Waals surface area contributed by atoms with Crippen LogP contribution >= 0.6 is 46.3 Å². The first-order chi connectivity index (χ1) is 22.2. The van der Waals surface area contributed by atoms with E-state index in [9.17, 15) is 14.7 Å². The molecule has 1 atom stereocenters. The lowest BCUT2D eigenvalue weighted by atomic mass is 9.95. The zero-order valence-corrected chi connectivity index (χ0v) is 28.0. The minimum atomic E-state index is -1.00. The van der Waals surface area contributed by atoms with Gasteiger partial charge in [-0.3, -0.25) is 14.5 Å². The van der Waals surface area contributed by atoms with Gasteiger partial charge in [-0.2, -0.15) is 0 Å². The van der Waals surface area contributed by atoms with E-state index in [1.54, 1.807) is 48.5 Å². The Labute approximate surface area is 284 Å². The number of carbonyl (C=O) groups excluding carboxylic acids is 2. The Morgan fingerprint density at radius 1 is 1.07 bits per heavy atom. The van der Waals surface area contributed by atoms with E-state index < -0.39 is 17.7 Å². The van der Waals surface area contributed by atoms with Gasteiger partial charge in [-0.1, -0.05) is 78.3 Å². The van der Waals surface area contributed by atoms with E-state index in [4.69, 9.17) is 37.4 Å². The van der Waals surface area contributed by atoms with E-state index in [-0.39, 0.29) is 16.5 Å². The summed E-state index contributed by atoms with van der Waals surface area (Å²) in [6.07, 6.45) is 0.860. The van der Waals surface area contributed by atoms with Gasteiger partial charge in [0, 0.05) is 21.4 Å². The van der Waals surface area contributed by atoms with Gasteiger partial charge in [-0.05, 0) is 65.9 Å². The van der Waals surface area contributed by atoms with Crippen LogP contribution in [0.3, 0.4) is 0 Å². The van der Waals surface area contributed by atoms with Gasteiger partial charge >= 0.3 is 5.91 Å². The third kappa shape index (κ3) is 6.83. The minimum Gasteiger partial charge on any atom is -0.507 e. The summed E-state index contributed by atoms with van der Waals surface area (Å²) in [4.78, 5) is 28.7. The monoisotopic (exact) mass is 697 g/mol. The Hall–Kier alpha value is -3.77. The fourth-order valence-electron chi connectivity index (χ4n) is 5.01. The number of thioether (sulfide) groups is 1. The molecule has 6 rings (SSSR count). The number of aromatic nitrogens is 2. The third-order valence-electron chi connectivity index (χ3n) is 7.37. The number of aliphatic hydroxyl groups excluding tert-OH is 1. The summed E-state index contributed by atoms with van der Waals surface area (Å²) in [5, 5.41) is 21.5. The zero-order valence-electron chi connectivity index (χ0n) is 24.9. The number of Topliss-reactive ketones (excluding diaryl/α,β-unsaturated/α-hetero) is 1. The summed E-state index contributed by atoms with van der Waals surface area (Å²) in [5.74, 6) is 0.484. The van der Waals surface area contributed by atoms with Crippen molar-refractivity contribution in [3.05, 3.63) is 93.0 Å². The average molecular weight is 699 g/mol. The van der Waals surface area contributed by atoms with Crippen LogP contribution in [0.5, 0.6) is 17.2 Å². The van der Waals surface area contributed by atoms with Gasteiger partial charge in [0.05, 0.1) is 18.2 Å². The standard InChI is InChI=1S/C33H29Cl2N3O6S2/c1-18(2)10-11-42-23-5-3-4-19(14-23)28-27(29(39)20-7-9-25-26(15-20)44-13-12-43-25)30(40)31(41)38(28)32-36-37-33(46-32)45-17-21-6-8-22(34)16-24(21)35/h3-9,14-16,18,28,39H,10-13,17H2,1-2H3/t28-/m1/s1. The molecule has 3 aromatic carbocycles. The maximum Gasteiger partial charge on any atom is 0.301 e. The quantitative estimate of drug-likeness (QED) is 0.0580. The summed E-state index contributed by atoms with van der Waals surface area (Å²) >= 11 is 14.9. The molecule has 1 fully saturated rings. The Morgan fingerprint density at radius 2 is 1.87 bits per heavy atom. The van der Waals surface area contributed by atoms with E-state index in [2.05, 4.69) is 24.0 Å². The van der Waals surface area contributed by atoms with Crippen LogP contribution in [0.4, 0.5) is 5.13 Å².